The molecular formula is C36H38F4N4O7S2. The number of hydrogen-bond acceptors (Lipinski definition) is 10. The summed E-state index contributed by atoms with van der Waals surface area (Å²) in [6, 6.07) is 10.6. The lowest BCUT2D eigenvalue weighted by atomic mass is 9.95. The quantitative estimate of drug-likeness (QED) is 0.0731. The first-order valence-corrected chi connectivity index (χ1v) is 18.3. The number of carbonyl (C=O) groups is 3. The highest BCUT2D eigenvalue weighted by Crippen LogP contribution is 2.31. The summed E-state index contributed by atoms with van der Waals surface area (Å²) in [6.45, 7) is 12.7. The molecule has 0 aliphatic rings. The third-order valence-corrected chi connectivity index (χ3v) is 9.84. The van der Waals surface area contributed by atoms with E-state index in [0.717, 1.165) is 17.0 Å². The lowest BCUT2D eigenvalue weighted by Crippen LogP contribution is -2.52. The van der Waals surface area contributed by atoms with Crippen LogP contribution in [0.4, 0.5) is 17.6 Å². The van der Waals surface area contributed by atoms with Gasteiger partial charge in [-0.25, -0.2) is 19.2 Å². The largest absolute Gasteiger partial charge is 0.534 e. The van der Waals surface area contributed by atoms with Gasteiger partial charge in [0.15, 0.2) is 5.82 Å². The van der Waals surface area contributed by atoms with Crippen molar-refractivity contribution in [3.8, 4) is 28.3 Å². The number of thiophene rings is 1. The molecule has 17 heteroatoms. The molecule has 2 amide bonds. The number of amides is 2. The van der Waals surface area contributed by atoms with Crippen molar-refractivity contribution in [3.05, 3.63) is 88.1 Å². The molecular weight excluding hydrogens is 741 g/mol. The van der Waals surface area contributed by atoms with Gasteiger partial charge in [0, 0.05) is 46.4 Å². The Morgan fingerprint density at radius 1 is 0.868 bits per heavy atom. The Labute approximate surface area is 308 Å². The van der Waals surface area contributed by atoms with Crippen LogP contribution in [-0.2, 0) is 36.3 Å². The molecule has 0 saturated carbocycles. The van der Waals surface area contributed by atoms with Gasteiger partial charge in [0.2, 0.25) is 5.91 Å². The number of halogens is 4. The summed E-state index contributed by atoms with van der Waals surface area (Å²) in [5.74, 6) is -3.38. The van der Waals surface area contributed by atoms with E-state index in [1.165, 1.54) is 30.7 Å². The fourth-order valence-electron chi connectivity index (χ4n) is 4.66. The van der Waals surface area contributed by atoms with Crippen LogP contribution >= 0.6 is 11.3 Å². The van der Waals surface area contributed by atoms with Crippen molar-refractivity contribution in [2.75, 3.05) is 0 Å². The minimum Gasteiger partial charge on any atom is -0.458 e. The maximum atomic E-state index is 14.7. The molecule has 53 heavy (non-hydrogen) atoms. The molecule has 4 aromatic rings. The summed E-state index contributed by atoms with van der Waals surface area (Å²) in [7, 11) is -5.98. The number of nitrogens with zero attached hydrogens (tertiary/aromatic N) is 2. The Balaban J connectivity index is 1.50. The molecule has 2 N–H and O–H groups in total. The monoisotopic (exact) mass is 778 g/mol. The topological polar surface area (TPSA) is 154 Å². The molecule has 0 aliphatic carbocycles. The lowest BCUT2D eigenvalue weighted by molar-refractivity contribution is -0.158. The van der Waals surface area contributed by atoms with Gasteiger partial charge in [-0.3, -0.25) is 9.59 Å². The van der Waals surface area contributed by atoms with Gasteiger partial charge < -0.3 is 19.6 Å². The highest BCUT2D eigenvalue weighted by Gasteiger charge is 2.48. The van der Waals surface area contributed by atoms with Gasteiger partial charge in [0.05, 0.1) is 4.88 Å². The van der Waals surface area contributed by atoms with E-state index in [1.807, 2.05) is 26.8 Å². The zero-order valence-electron chi connectivity index (χ0n) is 29.8. The van der Waals surface area contributed by atoms with Crippen LogP contribution in [0.15, 0.2) is 67.0 Å². The van der Waals surface area contributed by atoms with Crippen LogP contribution in [0.25, 0.3) is 22.5 Å². The van der Waals surface area contributed by atoms with E-state index < -0.39 is 62.7 Å². The standard InChI is InChI=1S/C36H38F4N4O7S2/c1-20(33(47)50-35(5,6)7)43-31(45)27(44-32(46)28-14-15-29(52-28)34(2,3)4)16-21-8-10-22(11-9-21)30-41-18-23(19-42-30)25-13-12-24(17-26(25)37)51-53(48,49)36(38,39)40/h8-15,17-20,27H,16H2,1-7H3,(H,43,45)(H,44,46)/t20-,27+/m1/s1. The summed E-state index contributed by atoms with van der Waals surface area (Å²) < 4.78 is 84.5. The molecule has 0 fully saturated rings. The Kier molecular flexibility index (Phi) is 12.0. The number of rotatable bonds is 11. The van der Waals surface area contributed by atoms with Crippen LogP contribution in [0.2, 0.25) is 0 Å². The van der Waals surface area contributed by atoms with Gasteiger partial charge >= 0.3 is 21.6 Å². The smallest absolute Gasteiger partial charge is 0.458 e. The van der Waals surface area contributed by atoms with E-state index in [9.17, 15) is 40.4 Å². The summed E-state index contributed by atoms with van der Waals surface area (Å²) in [6.07, 6.45) is 2.61. The molecule has 2 aromatic heterocycles. The summed E-state index contributed by atoms with van der Waals surface area (Å²) >= 11 is 1.32. The van der Waals surface area contributed by atoms with Gasteiger partial charge in [-0.15, -0.1) is 11.3 Å². The van der Waals surface area contributed by atoms with Crippen molar-refractivity contribution in [2.45, 2.75) is 83.5 Å². The first-order valence-electron chi connectivity index (χ1n) is 16.1. The Morgan fingerprint density at radius 2 is 1.49 bits per heavy atom. The third-order valence-electron chi connectivity index (χ3n) is 7.35. The second-order valence-corrected chi connectivity index (χ2v) is 16.6. The van der Waals surface area contributed by atoms with E-state index in [4.69, 9.17) is 4.74 Å². The minimum absolute atomic E-state index is 0.0550. The molecule has 0 saturated heterocycles. The average Bonchev–Trinajstić information content (AvgIpc) is 3.55. The molecule has 2 aromatic carbocycles. The second-order valence-electron chi connectivity index (χ2n) is 14.0. The van der Waals surface area contributed by atoms with E-state index in [-0.39, 0.29) is 28.8 Å². The van der Waals surface area contributed by atoms with Crippen molar-refractivity contribution in [1.29, 1.82) is 0 Å². The number of nitrogens with one attached hydrogen (secondary N) is 2. The second kappa shape index (κ2) is 15.6. The maximum Gasteiger partial charge on any atom is 0.534 e. The number of carbonyl (C=O) groups excluding carboxylic acids is 3. The molecule has 0 unspecified atom stereocenters. The molecule has 0 spiro atoms. The molecule has 0 aliphatic heterocycles. The van der Waals surface area contributed by atoms with Crippen LogP contribution in [-0.4, -0.2) is 59.4 Å². The molecule has 4 rings (SSSR count). The normalized spacial score (nSPS) is 13.5. The number of ether oxygens (including phenoxy) is 1. The average molecular weight is 779 g/mol. The Hall–Kier alpha value is -4.90. The van der Waals surface area contributed by atoms with Gasteiger partial charge in [0.25, 0.3) is 5.91 Å². The molecule has 2 heterocycles. The van der Waals surface area contributed by atoms with Gasteiger partial charge in [-0.1, -0.05) is 45.0 Å². The number of hydrogen-bond donors (Lipinski definition) is 2. The van der Waals surface area contributed by atoms with Gasteiger partial charge in [-0.05, 0) is 62.9 Å². The lowest BCUT2D eigenvalue weighted by Gasteiger charge is -2.24. The Bertz CT molecular complexity index is 2070. The number of benzene rings is 2. The van der Waals surface area contributed by atoms with Crippen molar-refractivity contribution in [3.63, 3.8) is 0 Å². The Morgan fingerprint density at radius 3 is 2.02 bits per heavy atom. The van der Waals surface area contributed by atoms with Crippen molar-refractivity contribution < 1.29 is 49.3 Å². The van der Waals surface area contributed by atoms with Crippen molar-refractivity contribution in [2.24, 2.45) is 0 Å². The molecule has 11 nitrogen and oxygen atoms in total. The summed E-state index contributed by atoms with van der Waals surface area (Å²) in [5.41, 5.74) is -5.41. The number of alkyl halides is 3. The maximum absolute atomic E-state index is 14.7. The van der Waals surface area contributed by atoms with Gasteiger partial charge in [0.1, 0.15) is 29.3 Å². The molecule has 2 atom stereocenters. The first kappa shape index (κ1) is 40.9. The van der Waals surface area contributed by atoms with E-state index in [1.54, 1.807) is 51.1 Å². The minimum atomic E-state index is -5.98. The molecule has 284 valence electrons. The van der Waals surface area contributed by atoms with Crippen LogP contribution < -0.4 is 14.8 Å². The fourth-order valence-corrected chi connectivity index (χ4v) is 6.08. The summed E-state index contributed by atoms with van der Waals surface area (Å²) in [4.78, 5) is 49.3. The predicted octanol–water partition coefficient (Wildman–Crippen LogP) is 6.72. The SMILES string of the molecule is C[C@@H](NC(=O)[C@H](Cc1ccc(-c2ncc(-c3ccc(OS(=O)(=O)C(F)(F)F)cc3F)cn2)cc1)NC(=O)c1ccc(C(C)(C)C)s1)C(=O)OC(C)(C)C. The van der Waals surface area contributed by atoms with E-state index in [2.05, 4.69) is 24.8 Å². The fraction of sp³-hybridized carbons (Fsp3) is 0.361. The molecule has 0 radical (unpaired) electrons. The van der Waals surface area contributed by atoms with Crippen molar-refractivity contribution in [1.82, 2.24) is 20.6 Å². The highest BCUT2D eigenvalue weighted by molar-refractivity contribution is 7.88. The number of aromatic nitrogens is 2. The van der Waals surface area contributed by atoms with Crippen LogP contribution in [0.5, 0.6) is 5.75 Å². The van der Waals surface area contributed by atoms with Crippen LogP contribution in [0.1, 0.15) is 68.6 Å². The van der Waals surface area contributed by atoms with E-state index >= 15 is 0 Å². The predicted molar refractivity (Wildman–Crippen MR) is 190 cm³/mol. The van der Waals surface area contributed by atoms with Gasteiger partial charge in [-0.2, -0.15) is 21.6 Å². The van der Waals surface area contributed by atoms with E-state index in [0.29, 0.717) is 22.1 Å². The summed E-state index contributed by atoms with van der Waals surface area (Å²) in [5, 5.41) is 5.43. The third kappa shape index (κ3) is 10.8. The number of esters is 1. The molecule has 0 bridgehead atoms. The van der Waals surface area contributed by atoms with Crippen molar-refractivity contribution >= 4 is 39.2 Å². The zero-order chi connectivity index (χ0) is 39.5. The first-order chi connectivity index (χ1) is 24.4. The van der Waals surface area contributed by atoms with Crippen LogP contribution in [0.3, 0.4) is 0 Å². The van der Waals surface area contributed by atoms with Crippen LogP contribution in [0, 0.1) is 5.82 Å². The zero-order valence-corrected chi connectivity index (χ0v) is 31.4. The highest BCUT2D eigenvalue weighted by atomic mass is 32.2.